The lowest BCUT2D eigenvalue weighted by Crippen LogP contribution is -2.18. The highest BCUT2D eigenvalue weighted by atomic mass is 19.1. The van der Waals surface area contributed by atoms with Gasteiger partial charge in [-0.05, 0) is 68.5 Å². The Kier molecular flexibility index (Phi) is 6.80. The normalized spacial score (nSPS) is 13.2. The molecule has 0 aliphatic carbocycles. The van der Waals surface area contributed by atoms with Crippen LogP contribution in [0, 0.1) is 0 Å². The van der Waals surface area contributed by atoms with E-state index in [9.17, 15) is 4.39 Å². The average molecular weight is 315 g/mol. The van der Waals surface area contributed by atoms with E-state index in [-0.39, 0.29) is 0 Å². The summed E-state index contributed by atoms with van der Waals surface area (Å²) in [7, 11) is 2.08. The van der Waals surface area contributed by atoms with E-state index < -0.39 is 5.67 Å². The third kappa shape index (κ3) is 5.70. The molecule has 0 saturated carbocycles. The lowest BCUT2D eigenvalue weighted by molar-refractivity contribution is 0.221. The van der Waals surface area contributed by atoms with Gasteiger partial charge in [0, 0.05) is 19.3 Å². The number of allylic oxidation sites excluding steroid dienone is 4. The standard InChI is InChI=1S/C21H30FN/c1-8-14-23(7)20(16(2)3)13-12-17(4)18-10-9-11-19(15-18)21(5,6)22/h9-13,15H,2,8,14H2,1,3-7H3/b17-12+,20-13+. The van der Waals surface area contributed by atoms with E-state index in [0.29, 0.717) is 5.56 Å². The van der Waals surface area contributed by atoms with Crippen LogP contribution in [0.15, 0.2) is 54.3 Å². The lowest BCUT2D eigenvalue weighted by Gasteiger charge is -2.22. The first kappa shape index (κ1) is 19.2. The monoisotopic (exact) mass is 315 g/mol. The number of hydrogen-bond donors (Lipinski definition) is 0. The SMILES string of the molecule is C=C(C)/C(=C\C=C(/C)c1cccc(C(C)(C)F)c1)N(C)CCC. The Hall–Kier alpha value is -1.83. The topological polar surface area (TPSA) is 3.24 Å². The fourth-order valence-corrected chi connectivity index (χ4v) is 2.49. The zero-order chi connectivity index (χ0) is 17.6. The van der Waals surface area contributed by atoms with Crippen molar-refractivity contribution in [3.05, 3.63) is 65.4 Å². The van der Waals surface area contributed by atoms with Crippen molar-refractivity contribution < 1.29 is 4.39 Å². The van der Waals surface area contributed by atoms with Gasteiger partial charge in [0.15, 0.2) is 0 Å². The van der Waals surface area contributed by atoms with Crippen LogP contribution in [0.2, 0.25) is 0 Å². The number of hydrogen-bond acceptors (Lipinski definition) is 1. The van der Waals surface area contributed by atoms with Crippen molar-refractivity contribution in [2.24, 2.45) is 0 Å². The fourth-order valence-electron chi connectivity index (χ4n) is 2.49. The van der Waals surface area contributed by atoms with Crippen molar-refractivity contribution in [2.45, 2.75) is 46.7 Å². The molecule has 1 aromatic carbocycles. The van der Waals surface area contributed by atoms with Gasteiger partial charge >= 0.3 is 0 Å². The molecule has 0 N–H and O–H groups in total. The van der Waals surface area contributed by atoms with Crippen molar-refractivity contribution in [3.8, 4) is 0 Å². The molecule has 0 fully saturated rings. The van der Waals surface area contributed by atoms with Crippen LogP contribution >= 0.6 is 0 Å². The molecule has 1 aromatic rings. The maximum Gasteiger partial charge on any atom is 0.130 e. The van der Waals surface area contributed by atoms with E-state index in [4.69, 9.17) is 0 Å². The average Bonchev–Trinajstić information content (AvgIpc) is 2.46. The van der Waals surface area contributed by atoms with Gasteiger partial charge in [-0.3, -0.25) is 0 Å². The molecule has 1 rings (SSSR count). The smallest absolute Gasteiger partial charge is 0.130 e. The fraction of sp³-hybridized carbons (Fsp3) is 0.429. The maximum absolute atomic E-state index is 14.1. The number of rotatable bonds is 7. The summed E-state index contributed by atoms with van der Waals surface area (Å²) in [5.41, 5.74) is 3.71. The predicted molar refractivity (Wildman–Crippen MR) is 100 cm³/mol. The van der Waals surface area contributed by atoms with Gasteiger partial charge in [-0.15, -0.1) is 0 Å². The Morgan fingerprint density at radius 2 is 1.91 bits per heavy atom. The first-order chi connectivity index (χ1) is 10.7. The minimum Gasteiger partial charge on any atom is -0.374 e. The van der Waals surface area contributed by atoms with Crippen LogP contribution in [-0.2, 0) is 5.67 Å². The number of benzene rings is 1. The van der Waals surface area contributed by atoms with E-state index in [0.717, 1.165) is 35.4 Å². The van der Waals surface area contributed by atoms with E-state index in [1.165, 1.54) is 0 Å². The van der Waals surface area contributed by atoms with Crippen LogP contribution in [0.5, 0.6) is 0 Å². The first-order valence-electron chi connectivity index (χ1n) is 8.22. The minimum absolute atomic E-state index is 0.704. The van der Waals surface area contributed by atoms with E-state index in [1.807, 2.05) is 31.2 Å². The van der Waals surface area contributed by atoms with Crippen LogP contribution in [0.1, 0.15) is 52.2 Å². The molecule has 0 saturated heterocycles. The molecule has 0 heterocycles. The Bertz CT molecular complexity index is 603. The summed E-state index contributed by atoms with van der Waals surface area (Å²) in [5, 5.41) is 0. The third-order valence-electron chi connectivity index (χ3n) is 3.90. The molecule has 0 amide bonds. The zero-order valence-corrected chi connectivity index (χ0v) is 15.4. The molecule has 2 heteroatoms. The second-order valence-corrected chi connectivity index (χ2v) is 6.66. The maximum atomic E-state index is 14.1. The number of nitrogens with zero attached hydrogens (tertiary/aromatic N) is 1. The molecular formula is C21H30FN. The summed E-state index contributed by atoms with van der Waals surface area (Å²) in [6.07, 6.45) is 5.28. The molecule has 0 aliphatic rings. The highest BCUT2D eigenvalue weighted by Crippen LogP contribution is 2.27. The first-order valence-corrected chi connectivity index (χ1v) is 8.22. The molecular weight excluding hydrogens is 285 g/mol. The van der Waals surface area contributed by atoms with Crippen molar-refractivity contribution in [1.82, 2.24) is 4.90 Å². The Labute approximate surface area is 141 Å². The van der Waals surface area contributed by atoms with Crippen LogP contribution in [0.4, 0.5) is 4.39 Å². The largest absolute Gasteiger partial charge is 0.374 e. The molecule has 1 nitrogen and oxygen atoms in total. The van der Waals surface area contributed by atoms with Gasteiger partial charge in [-0.1, -0.05) is 37.8 Å². The van der Waals surface area contributed by atoms with Crippen molar-refractivity contribution in [2.75, 3.05) is 13.6 Å². The van der Waals surface area contributed by atoms with Gasteiger partial charge in [0.1, 0.15) is 5.67 Å². The summed E-state index contributed by atoms with van der Waals surface area (Å²) in [5.74, 6) is 0. The van der Waals surface area contributed by atoms with E-state index in [1.54, 1.807) is 13.8 Å². The number of halogens is 1. The van der Waals surface area contributed by atoms with Crippen LogP contribution < -0.4 is 0 Å². The zero-order valence-electron chi connectivity index (χ0n) is 15.4. The summed E-state index contributed by atoms with van der Waals surface area (Å²) >= 11 is 0. The molecule has 0 aliphatic heterocycles. The minimum atomic E-state index is -1.32. The highest BCUT2D eigenvalue weighted by molar-refractivity contribution is 5.66. The summed E-state index contributed by atoms with van der Waals surface area (Å²) in [6, 6.07) is 7.69. The van der Waals surface area contributed by atoms with Crippen molar-refractivity contribution in [1.29, 1.82) is 0 Å². The second kappa shape index (κ2) is 8.14. The van der Waals surface area contributed by atoms with Gasteiger partial charge in [0.2, 0.25) is 0 Å². The second-order valence-electron chi connectivity index (χ2n) is 6.66. The molecule has 0 atom stereocenters. The number of likely N-dealkylation sites (N-methyl/N-ethyl adjacent to an activating group) is 1. The summed E-state index contributed by atoms with van der Waals surface area (Å²) < 4.78 is 14.1. The molecule has 0 unspecified atom stereocenters. The quantitative estimate of drug-likeness (QED) is 0.550. The highest BCUT2D eigenvalue weighted by Gasteiger charge is 2.18. The molecule has 0 aromatic heterocycles. The van der Waals surface area contributed by atoms with Crippen LogP contribution in [0.3, 0.4) is 0 Å². The van der Waals surface area contributed by atoms with Crippen molar-refractivity contribution >= 4 is 5.57 Å². The van der Waals surface area contributed by atoms with Gasteiger partial charge in [0.25, 0.3) is 0 Å². The Balaban J connectivity index is 3.12. The third-order valence-corrected chi connectivity index (χ3v) is 3.90. The Morgan fingerprint density at radius 1 is 1.26 bits per heavy atom. The van der Waals surface area contributed by atoms with Crippen LogP contribution in [-0.4, -0.2) is 18.5 Å². The summed E-state index contributed by atoms with van der Waals surface area (Å²) in [4.78, 5) is 2.22. The van der Waals surface area contributed by atoms with Gasteiger partial charge in [-0.25, -0.2) is 4.39 Å². The van der Waals surface area contributed by atoms with Gasteiger partial charge < -0.3 is 4.90 Å². The number of alkyl halides is 1. The molecule has 0 radical (unpaired) electrons. The molecule has 126 valence electrons. The van der Waals surface area contributed by atoms with Crippen molar-refractivity contribution in [3.63, 3.8) is 0 Å². The van der Waals surface area contributed by atoms with E-state index in [2.05, 4.69) is 44.5 Å². The van der Waals surface area contributed by atoms with Gasteiger partial charge in [0.05, 0.1) is 0 Å². The summed E-state index contributed by atoms with van der Waals surface area (Å²) in [6.45, 7) is 14.5. The van der Waals surface area contributed by atoms with Crippen LogP contribution in [0.25, 0.3) is 5.57 Å². The lowest BCUT2D eigenvalue weighted by atomic mass is 9.95. The molecule has 0 spiro atoms. The van der Waals surface area contributed by atoms with Gasteiger partial charge in [-0.2, -0.15) is 0 Å². The van der Waals surface area contributed by atoms with E-state index >= 15 is 0 Å². The predicted octanol–water partition coefficient (Wildman–Crippen LogP) is 6.10. The molecule has 0 bridgehead atoms. The molecule has 23 heavy (non-hydrogen) atoms. The Morgan fingerprint density at radius 3 is 2.43 bits per heavy atom.